The molecular weight excluding hydrogens is 305 g/mol. The van der Waals surface area contributed by atoms with Crippen molar-refractivity contribution in [3.8, 4) is 0 Å². The van der Waals surface area contributed by atoms with E-state index in [0.717, 1.165) is 51.3 Å². The second kappa shape index (κ2) is 7.71. The zero-order valence-corrected chi connectivity index (χ0v) is 14.1. The van der Waals surface area contributed by atoms with Gasteiger partial charge in [0.05, 0.1) is 0 Å². The molecule has 1 aliphatic rings. The molecule has 1 fully saturated rings. The van der Waals surface area contributed by atoms with Crippen LogP contribution >= 0.6 is 0 Å². The third-order valence-corrected chi connectivity index (χ3v) is 4.80. The molecular formula is C19H24FN3O. The van der Waals surface area contributed by atoms with Gasteiger partial charge in [0.25, 0.3) is 0 Å². The number of rotatable bonds is 6. The number of ketones is 1. The quantitative estimate of drug-likeness (QED) is 0.763. The van der Waals surface area contributed by atoms with Crippen LogP contribution < -0.4 is 0 Å². The molecule has 24 heavy (non-hydrogen) atoms. The van der Waals surface area contributed by atoms with Gasteiger partial charge in [0, 0.05) is 37.0 Å². The molecule has 1 aromatic heterocycles. The van der Waals surface area contributed by atoms with E-state index >= 15 is 0 Å². The Labute approximate surface area is 142 Å². The zero-order chi connectivity index (χ0) is 16.9. The lowest BCUT2D eigenvalue weighted by atomic mass is 9.90. The Morgan fingerprint density at radius 1 is 1.29 bits per heavy atom. The number of carbonyl (C=O) groups excluding carboxylic acids is 1. The summed E-state index contributed by atoms with van der Waals surface area (Å²) in [6.45, 7) is 5.82. The fourth-order valence-corrected chi connectivity index (χ4v) is 3.43. The van der Waals surface area contributed by atoms with Crippen molar-refractivity contribution in [2.75, 3.05) is 19.6 Å². The first-order chi connectivity index (χ1) is 11.6. The molecule has 1 saturated heterocycles. The summed E-state index contributed by atoms with van der Waals surface area (Å²) in [6.07, 6.45) is 6.85. The van der Waals surface area contributed by atoms with Gasteiger partial charge >= 0.3 is 0 Å². The maximum Gasteiger partial charge on any atom is 0.167 e. The monoisotopic (exact) mass is 329 g/mol. The highest BCUT2D eigenvalue weighted by molar-refractivity contribution is 5.98. The molecule has 1 aromatic carbocycles. The fourth-order valence-electron chi connectivity index (χ4n) is 3.43. The molecule has 5 heteroatoms. The summed E-state index contributed by atoms with van der Waals surface area (Å²) >= 11 is 0. The van der Waals surface area contributed by atoms with E-state index in [4.69, 9.17) is 0 Å². The number of nitrogens with zero attached hydrogens (tertiary/aromatic N) is 3. The predicted octanol–water partition coefficient (Wildman–Crippen LogP) is 3.32. The van der Waals surface area contributed by atoms with Gasteiger partial charge < -0.3 is 9.47 Å². The van der Waals surface area contributed by atoms with Crippen molar-refractivity contribution in [3.05, 3.63) is 53.9 Å². The number of imidazole rings is 1. The van der Waals surface area contributed by atoms with Crippen molar-refractivity contribution in [1.29, 1.82) is 0 Å². The Kier molecular flexibility index (Phi) is 5.41. The van der Waals surface area contributed by atoms with Crippen molar-refractivity contribution < 1.29 is 9.18 Å². The Balaban J connectivity index is 1.51. The van der Waals surface area contributed by atoms with E-state index in [0.29, 0.717) is 5.56 Å². The third kappa shape index (κ3) is 4.09. The summed E-state index contributed by atoms with van der Waals surface area (Å²) in [5, 5.41) is 0. The highest BCUT2D eigenvalue weighted by Crippen LogP contribution is 2.21. The summed E-state index contributed by atoms with van der Waals surface area (Å²) in [6, 6.07) is 5.92. The van der Waals surface area contributed by atoms with E-state index in [1.807, 2.05) is 19.3 Å². The average molecular weight is 329 g/mol. The number of carbonyl (C=O) groups is 1. The summed E-state index contributed by atoms with van der Waals surface area (Å²) in [4.78, 5) is 19.2. The van der Waals surface area contributed by atoms with Crippen LogP contribution in [0.25, 0.3) is 0 Å². The van der Waals surface area contributed by atoms with Gasteiger partial charge in [0.15, 0.2) is 5.78 Å². The minimum atomic E-state index is -0.299. The number of Topliss-reactive ketones (excluding diaryl/α,β-unsaturated/α-hetero) is 1. The SMILES string of the molecule is Cc1nccn1CCCN1CCC[C@H](C(=O)c2ccc(F)cc2)C1. The standard InChI is InChI=1S/C19H24FN3O/c1-15-21-9-13-23(15)12-3-11-22-10-2-4-17(14-22)19(24)16-5-7-18(20)8-6-16/h5-9,13,17H,2-4,10-12,14H2,1H3/t17-/m0/s1. The van der Waals surface area contributed by atoms with E-state index in [-0.39, 0.29) is 17.5 Å². The van der Waals surface area contributed by atoms with E-state index in [2.05, 4.69) is 14.5 Å². The molecule has 0 unspecified atom stereocenters. The van der Waals surface area contributed by atoms with Crippen LogP contribution in [0.5, 0.6) is 0 Å². The van der Waals surface area contributed by atoms with Gasteiger partial charge in [-0.25, -0.2) is 9.37 Å². The number of aryl methyl sites for hydroxylation is 2. The van der Waals surface area contributed by atoms with Crippen LogP contribution in [0.15, 0.2) is 36.7 Å². The molecule has 0 saturated carbocycles. The van der Waals surface area contributed by atoms with Crippen molar-refractivity contribution in [3.63, 3.8) is 0 Å². The number of aromatic nitrogens is 2. The minimum Gasteiger partial charge on any atom is -0.335 e. The average Bonchev–Trinajstić information content (AvgIpc) is 3.00. The molecule has 0 aliphatic carbocycles. The normalized spacial score (nSPS) is 18.7. The van der Waals surface area contributed by atoms with Crippen molar-refractivity contribution in [1.82, 2.24) is 14.5 Å². The zero-order valence-electron chi connectivity index (χ0n) is 14.1. The third-order valence-electron chi connectivity index (χ3n) is 4.80. The van der Waals surface area contributed by atoms with Gasteiger partial charge in [-0.3, -0.25) is 4.79 Å². The number of halogens is 1. The van der Waals surface area contributed by atoms with E-state index in [1.165, 1.54) is 12.1 Å². The molecule has 128 valence electrons. The smallest absolute Gasteiger partial charge is 0.167 e. The number of piperidine rings is 1. The molecule has 2 aromatic rings. The van der Waals surface area contributed by atoms with Crippen molar-refractivity contribution in [2.45, 2.75) is 32.7 Å². The van der Waals surface area contributed by atoms with Gasteiger partial charge in [0.2, 0.25) is 0 Å². The second-order valence-corrected chi connectivity index (χ2v) is 6.53. The lowest BCUT2D eigenvalue weighted by molar-refractivity contribution is 0.0817. The lowest BCUT2D eigenvalue weighted by Gasteiger charge is -2.32. The molecule has 3 rings (SSSR count). The molecule has 0 radical (unpaired) electrons. The second-order valence-electron chi connectivity index (χ2n) is 6.53. The van der Waals surface area contributed by atoms with E-state index in [9.17, 15) is 9.18 Å². The Morgan fingerprint density at radius 2 is 2.08 bits per heavy atom. The van der Waals surface area contributed by atoms with Crippen molar-refractivity contribution >= 4 is 5.78 Å². The number of hydrogen-bond donors (Lipinski definition) is 0. The predicted molar refractivity (Wildman–Crippen MR) is 91.5 cm³/mol. The minimum absolute atomic E-state index is 0.0270. The first-order valence-electron chi connectivity index (χ1n) is 8.63. The van der Waals surface area contributed by atoms with Crippen molar-refractivity contribution in [2.24, 2.45) is 5.92 Å². The first-order valence-corrected chi connectivity index (χ1v) is 8.63. The van der Waals surface area contributed by atoms with Gasteiger partial charge in [-0.2, -0.15) is 0 Å². The van der Waals surface area contributed by atoms with Crippen LogP contribution in [0.4, 0.5) is 4.39 Å². The number of benzene rings is 1. The molecule has 1 aliphatic heterocycles. The highest BCUT2D eigenvalue weighted by Gasteiger charge is 2.26. The maximum absolute atomic E-state index is 13.0. The summed E-state index contributed by atoms with van der Waals surface area (Å²) in [5.41, 5.74) is 0.622. The Morgan fingerprint density at radius 3 is 2.79 bits per heavy atom. The van der Waals surface area contributed by atoms with Crippen LogP contribution in [0, 0.1) is 18.7 Å². The van der Waals surface area contributed by atoms with Gasteiger partial charge in [-0.1, -0.05) is 0 Å². The van der Waals surface area contributed by atoms with Gasteiger partial charge in [0.1, 0.15) is 11.6 Å². The van der Waals surface area contributed by atoms with Crippen LogP contribution in [-0.4, -0.2) is 39.9 Å². The maximum atomic E-state index is 13.0. The molecule has 0 spiro atoms. The van der Waals surface area contributed by atoms with Crippen LogP contribution in [0.3, 0.4) is 0 Å². The Bertz CT molecular complexity index is 680. The topological polar surface area (TPSA) is 38.1 Å². The molecule has 4 nitrogen and oxygen atoms in total. The van der Waals surface area contributed by atoms with Crippen LogP contribution in [0.2, 0.25) is 0 Å². The highest BCUT2D eigenvalue weighted by atomic mass is 19.1. The lowest BCUT2D eigenvalue weighted by Crippen LogP contribution is -2.39. The van der Waals surface area contributed by atoms with Crippen LogP contribution in [0.1, 0.15) is 35.4 Å². The molecule has 2 heterocycles. The summed E-state index contributed by atoms with van der Waals surface area (Å²) < 4.78 is 15.2. The summed E-state index contributed by atoms with van der Waals surface area (Å²) in [7, 11) is 0. The first kappa shape index (κ1) is 16.8. The van der Waals surface area contributed by atoms with E-state index < -0.39 is 0 Å². The fraction of sp³-hybridized carbons (Fsp3) is 0.474. The van der Waals surface area contributed by atoms with Gasteiger partial charge in [-0.15, -0.1) is 0 Å². The van der Waals surface area contributed by atoms with Crippen LogP contribution in [-0.2, 0) is 6.54 Å². The van der Waals surface area contributed by atoms with E-state index in [1.54, 1.807) is 12.1 Å². The molecule has 1 atom stereocenters. The molecule has 0 N–H and O–H groups in total. The number of likely N-dealkylation sites (tertiary alicyclic amines) is 1. The number of hydrogen-bond acceptors (Lipinski definition) is 3. The molecule has 0 bridgehead atoms. The molecule has 0 amide bonds. The summed E-state index contributed by atoms with van der Waals surface area (Å²) in [5.74, 6) is 0.911. The van der Waals surface area contributed by atoms with Gasteiger partial charge in [-0.05, 0) is 63.5 Å². The Hall–Kier alpha value is -2.01. The largest absolute Gasteiger partial charge is 0.335 e.